The van der Waals surface area contributed by atoms with Crippen LogP contribution in [0.2, 0.25) is 0 Å². The van der Waals surface area contributed by atoms with Crippen LogP contribution in [0.5, 0.6) is 5.88 Å². The number of methoxy groups -OCH3 is 2. The second-order valence-electron chi connectivity index (χ2n) is 3.72. The van der Waals surface area contributed by atoms with Gasteiger partial charge in [0.2, 0.25) is 5.88 Å². The van der Waals surface area contributed by atoms with Gasteiger partial charge in [-0.15, -0.1) is 0 Å². The standard InChI is InChI=1S/C12H21N3O2/c1-15(8-6-13-7-9-16-2)11-4-5-14-12(10-11)17-3/h4-5,10,13H,6-9H2,1-3H3. The third-order valence-corrected chi connectivity index (χ3v) is 2.48. The largest absolute Gasteiger partial charge is 0.481 e. The fourth-order valence-electron chi connectivity index (χ4n) is 1.42. The Kier molecular flexibility index (Phi) is 6.35. The minimum Gasteiger partial charge on any atom is -0.481 e. The lowest BCUT2D eigenvalue weighted by molar-refractivity contribution is 0.200. The number of hydrogen-bond acceptors (Lipinski definition) is 5. The number of likely N-dealkylation sites (N-methyl/N-ethyl adjacent to an activating group) is 1. The Morgan fingerprint density at radius 2 is 2.18 bits per heavy atom. The first-order valence-electron chi connectivity index (χ1n) is 5.68. The van der Waals surface area contributed by atoms with Gasteiger partial charge in [0.25, 0.3) is 0 Å². The van der Waals surface area contributed by atoms with E-state index in [9.17, 15) is 0 Å². The highest BCUT2D eigenvalue weighted by atomic mass is 16.5. The van der Waals surface area contributed by atoms with Crippen LogP contribution in [0.4, 0.5) is 5.69 Å². The molecule has 1 heterocycles. The highest BCUT2D eigenvalue weighted by Crippen LogP contribution is 2.16. The molecule has 0 aliphatic heterocycles. The van der Waals surface area contributed by atoms with Crippen LogP contribution in [0.25, 0.3) is 0 Å². The smallest absolute Gasteiger partial charge is 0.214 e. The quantitative estimate of drug-likeness (QED) is 0.679. The maximum absolute atomic E-state index is 5.09. The van der Waals surface area contributed by atoms with E-state index in [1.807, 2.05) is 19.2 Å². The van der Waals surface area contributed by atoms with Crippen molar-refractivity contribution in [2.75, 3.05) is 52.4 Å². The lowest BCUT2D eigenvalue weighted by atomic mass is 10.3. The van der Waals surface area contributed by atoms with Crippen LogP contribution in [0, 0.1) is 0 Å². The van der Waals surface area contributed by atoms with E-state index in [2.05, 4.69) is 15.2 Å². The average Bonchev–Trinajstić information content (AvgIpc) is 2.38. The normalized spacial score (nSPS) is 10.3. The Morgan fingerprint density at radius 3 is 2.88 bits per heavy atom. The van der Waals surface area contributed by atoms with Gasteiger partial charge in [-0.2, -0.15) is 0 Å². The van der Waals surface area contributed by atoms with Crippen molar-refractivity contribution in [3.8, 4) is 5.88 Å². The first-order chi connectivity index (χ1) is 8.27. The van der Waals surface area contributed by atoms with Crippen molar-refractivity contribution in [3.05, 3.63) is 18.3 Å². The van der Waals surface area contributed by atoms with E-state index < -0.39 is 0 Å². The molecule has 1 N–H and O–H groups in total. The highest BCUT2D eigenvalue weighted by Gasteiger charge is 2.02. The summed E-state index contributed by atoms with van der Waals surface area (Å²) in [6.07, 6.45) is 1.75. The Morgan fingerprint density at radius 1 is 1.35 bits per heavy atom. The molecule has 0 radical (unpaired) electrons. The minimum atomic E-state index is 0.640. The Bertz CT molecular complexity index is 320. The molecule has 17 heavy (non-hydrogen) atoms. The number of aromatic nitrogens is 1. The summed E-state index contributed by atoms with van der Waals surface area (Å²) < 4.78 is 10.1. The molecule has 0 amide bonds. The van der Waals surface area contributed by atoms with E-state index in [-0.39, 0.29) is 0 Å². The van der Waals surface area contributed by atoms with E-state index >= 15 is 0 Å². The van der Waals surface area contributed by atoms with Crippen LogP contribution in [0.1, 0.15) is 0 Å². The second kappa shape index (κ2) is 7.86. The topological polar surface area (TPSA) is 46.6 Å². The lowest BCUT2D eigenvalue weighted by Gasteiger charge is -2.19. The predicted octanol–water partition coefficient (Wildman–Crippen LogP) is 0.762. The van der Waals surface area contributed by atoms with Crippen molar-refractivity contribution in [1.29, 1.82) is 0 Å². The molecule has 0 saturated carbocycles. The van der Waals surface area contributed by atoms with Crippen LogP contribution < -0.4 is 15.0 Å². The molecule has 1 aromatic rings. The number of anilines is 1. The monoisotopic (exact) mass is 239 g/mol. The van der Waals surface area contributed by atoms with Crippen LogP contribution in [-0.2, 0) is 4.74 Å². The third kappa shape index (κ3) is 5.01. The van der Waals surface area contributed by atoms with Gasteiger partial charge in [0.1, 0.15) is 0 Å². The fraction of sp³-hybridized carbons (Fsp3) is 0.583. The van der Waals surface area contributed by atoms with Crippen LogP contribution in [-0.4, -0.2) is 52.5 Å². The molecule has 0 aromatic carbocycles. The first-order valence-corrected chi connectivity index (χ1v) is 5.68. The summed E-state index contributed by atoms with van der Waals surface area (Å²) in [5.41, 5.74) is 1.10. The summed E-state index contributed by atoms with van der Waals surface area (Å²) >= 11 is 0. The first kappa shape index (κ1) is 13.7. The predicted molar refractivity (Wildman–Crippen MR) is 68.8 cm³/mol. The van der Waals surface area contributed by atoms with Crippen molar-refractivity contribution >= 4 is 5.69 Å². The number of rotatable bonds is 8. The molecule has 0 atom stereocenters. The summed E-state index contributed by atoms with van der Waals surface area (Å²) in [6, 6.07) is 3.90. The SMILES string of the molecule is COCCNCCN(C)c1ccnc(OC)c1. The van der Waals surface area contributed by atoms with Gasteiger partial charge in [0.15, 0.2) is 0 Å². The average molecular weight is 239 g/mol. The number of nitrogens with one attached hydrogen (secondary N) is 1. The molecular formula is C12H21N3O2. The van der Waals surface area contributed by atoms with Gasteiger partial charge in [-0.05, 0) is 6.07 Å². The molecule has 1 aromatic heterocycles. The van der Waals surface area contributed by atoms with E-state index in [4.69, 9.17) is 9.47 Å². The third-order valence-electron chi connectivity index (χ3n) is 2.48. The summed E-state index contributed by atoms with van der Waals surface area (Å²) in [6.45, 7) is 3.47. The van der Waals surface area contributed by atoms with Crippen LogP contribution in [0.3, 0.4) is 0 Å². The van der Waals surface area contributed by atoms with Gasteiger partial charge < -0.3 is 19.7 Å². The molecule has 0 bridgehead atoms. The molecular weight excluding hydrogens is 218 g/mol. The molecule has 5 heteroatoms. The Hall–Kier alpha value is -1.33. The molecule has 0 aliphatic rings. The zero-order valence-electron chi connectivity index (χ0n) is 10.8. The van der Waals surface area contributed by atoms with Gasteiger partial charge >= 0.3 is 0 Å². The molecule has 0 unspecified atom stereocenters. The molecule has 0 aliphatic carbocycles. The molecule has 1 rings (SSSR count). The van der Waals surface area contributed by atoms with Gasteiger partial charge in [0.05, 0.1) is 13.7 Å². The molecule has 5 nitrogen and oxygen atoms in total. The van der Waals surface area contributed by atoms with Crippen LogP contribution in [0.15, 0.2) is 18.3 Å². The maximum atomic E-state index is 5.09. The minimum absolute atomic E-state index is 0.640. The lowest BCUT2D eigenvalue weighted by Crippen LogP contribution is -2.30. The maximum Gasteiger partial charge on any atom is 0.214 e. The zero-order chi connectivity index (χ0) is 12.5. The van der Waals surface area contributed by atoms with Crippen molar-refractivity contribution in [1.82, 2.24) is 10.3 Å². The van der Waals surface area contributed by atoms with E-state index in [1.165, 1.54) is 0 Å². The van der Waals surface area contributed by atoms with E-state index in [0.29, 0.717) is 5.88 Å². The fourth-order valence-corrected chi connectivity index (χ4v) is 1.42. The molecule has 0 fully saturated rings. The summed E-state index contributed by atoms with van der Waals surface area (Å²) in [7, 11) is 5.38. The van der Waals surface area contributed by atoms with Crippen LogP contribution >= 0.6 is 0 Å². The van der Waals surface area contributed by atoms with Gasteiger partial charge in [-0.25, -0.2) is 4.98 Å². The Labute approximate surface area is 103 Å². The van der Waals surface area contributed by atoms with Crippen molar-refractivity contribution in [3.63, 3.8) is 0 Å². The molecule has 96 valence electrons. The summed E-state index contributed by atoms with van der Waals surface area (Å²) in [5, 5.41) is 3.30. The highest BCUT2D eigenvalue weighted by molar-refractivity contribution is 5.47. The van der Waals surface area contributed by atoms with Gasteiger partial charge in [-0.3, -0.25) is 0 Å². The van der Waals surface area contributed by atoms with Crippen molar-refractivity contribution < 1.29 is 9.47 Å². The number of hydrogen-bond donors (Lipinski definition) is 1. The summed E-state index contributed by atoms with van der Waals surface area (Å²) in [4.78, 5) is 6.24. The van der Waals surface area contributed by atoms with Gasteiger partial charge in [-0.1, -0.05) is 0 Å². The number of pyridine rings is 1. The second-order valence-corrected chi connectivity index (χ2v) is 3.72. The summed E-state index contributed by atoms with van der Waals surface area (Å²) in [5.74, 6) is 0.640. The van der Waals surface area contributed by atoms with Crippen molar-refractivity contribution in [2.45, 2.75) is 0 Å². The number of ether oxygens (including phenoxy) is 2. The zero-order valence-corrected chi connectivity index (χ0v) is 10.8. The molecule has 0 spiro atoms. The van der Waals surface area contributed by atoms with Gasteiger partial charge in [0, 0.05) is 51.7 Å². The van der Waals surface area contributed by atoms with E-state index in [1.54, 1.807) is 20.4 Å². The number of nitrogens with zero attached hydrogens (tertiary/aromatic N) is 2. The molecule has 0 saturated heterocycles. The Balaban J connectivity index is 2.33. The van der Waals surface area contributed by atoms with E-state index in [0.717, 1.165) is 31.9 Å². The van der Waals surface area contributed by atoms with Crippen molar-refractivity contribution in [2.24, 2.45) is 0 Å².